The van der Waals surface area contributed by atoms with Crippen molar-refractivity contribution in [3.8, 4) is 5.75 Å². The van der Waals surface area contributed by atoms with Crippen LogP contribution < -0.4 is 4.74 Å². The van der Waals surface area contributed by atoms with Gasteiger partial charge in [-0.2, -0.15) is 0 Å². The van der Waals surface area contributed by atoms with E-state index in [1.807, 2.05) is 54.6 Å². The molecule has 0 aliphatic carbocycles. The van der Waals surface area contributed by atoms with Gasteiger partial charge in [0, 0.05) is 62.3 Å². The molecule has 0 radical (unpaired) electrons. The Morgan fingerprint density at radius 3 is 2.05 bits per heavy atom. The summed E-state index contributed by atoms with van der Waals surface area (Å²) in [5.74, 6) is 0.396. The maximum absolute atomic E-state index is 13.1. The van der Waals surface area contributed by atoms with Crippen molar-refractivity contribution in [3.63, 3.8) is 0 Å². The number of β-amino-alcohol motifs (C(OH)–C–C–N with tert-alkyl or cyclic N) is 1. The van der Waals surface area contributed by atoms with E-state index in [2.05, 4.69) is 36.6 Å². The van der Waals surface area contributed by atoms with E-state index in [-0.39, 0.29) is 23.8 Å². The number of aliphatic hydroxyl groups excluding tert-OH is 1. The van der Waals surface area contributed by atoms with Gasteiger partial charge in [-0.1, -0.05) is 63.2 Å². The fourth-order valence-electron chi connectivity index (χ4n) is 5.47. The highest BCUT2D eigenvalue weighted by atomic mass is 16.5. The van der Waals surface area contributed by atoms with Gasteiger partial charge in [-0.05, 0) is 34.6 Å². The predicted octanol–water partition coefficient (Wildman–Crippen LogP) is 3.79. The summed E-state index contributed by atoms with van der Waals surface area (Å²) < 4.78 is 6.00. The third-order valence-electron chi connectivity index (χ3n) is 7.56. The zero-order valence-electron chi connectivity index (χ0n) is 22.5. The molecule has 7 heteroatoms. The highest BCUT2D eigenvalue weighted by Crippen LogP contribution is 2.31. The first-order chi connectivity index (χ1) is 18.2. The number of benzene rings is 3. The molecule has 5 rings (SSSR count). The number of nitrogens with zero attached hydrogens (tertiary/aromatic N) is 3. The number of rotatable bonds is 8. The van der Waals surface area contributed by atoms with Crippen LogP contribution in [0.5, 0.6) is 5.75 Å². The number of carbonyl (C=O) groups excluding carboxylic acids is 2. The van der Waals surface area contributed by atoms with Gasteiger partial charge in [-0.3, -0.25) is 24.3 Å². The van der Waals surface area contributed by atoms with Crippen molar-refractivity contribution in [3.05, 3.63) is 77.4 Å². The molecule has 0 spiro atoms. The Morgan fingerprint density at radius 2 is 1.42 bits per heavy atom. The molecule has 2 amide bonds. The second kappa shape index (κ2) is 10.8. The lowest BCUT2D eigenvalue weighted by Gasteiger charge is -2.36. The molecule has 1 N–H and O–H groups in total. The van der Waals surface area contributed by atoms with E-state index in [9.17, 15) is 14.7 Å². The Balaban J connectivity index is 1.10. The number of carbonyl (C=O) groups is 2. The molecule has 2 aliphatic heterocycles. The maximum atomic E-state index is 13.1. The van der Waals surface area contributed by atoms with Crippen LogP contribution in [0.3, 0.4) is 0 Å². The lowest BCUT2D eigenvalue weighted by Crippen LogP contribution is -2.51. The molecule has 1 saturated heterocycles. The number of imide groups is 1. The Bertz CT molecular complexity index is 1270. The molecule has 1 atom stereocenters. The van der Waals surface area contributed by atoms with Crippen molar-refractivity contribution in [2.75, 3.05) is 52.4 Å². The SMILES string of the molecule is CC(C)(C)c1ccccc1OC[C@@H](O)CN1CCN(CCN2C(=O)c3cccc4cccc(c34)C2=O)CC1. The van der Waals surface area contributed by atoms with Crippen molar-refractivity contribution in [2.24, 2.45) is 0 Å². The van der Waals surface area contributed by atoms with Gasteiger partial charge in [0.1, 0.15) is 18.5 Å². The number of para-hydroxylation sites is 1. The van der Waals surface area contributed by atoms with Gasteiger partial charge in [0.15, 0.2) is 0 Å². The molecule has 200 valence electrons. The Hall–Kier alpha value is -3.26. The predicted molar refractivity (Wildman–Crippen MR) is 149 cm³/mol. The quantitative estimate of drug-likeness (QED) is 0.460. The summed E-state index contributed by atoms with van der Waals surface area (Å²) in [6.45, 7) is 11.6. The second-order valence-electron chi connectivity index (χ2n) is 11.3. The summed E-state index contributed by atoms with van der Waals surface area (Å²) in [6, 6.07) is 19.2. The molecule has 7 nitrogen and oxygen atoms in total. The third-order valence-corrected chi connectivity index (χ3v) is 7.56. The van der Waals surface area contributed by atoms with Crippen LogP contribution in [-0.2, 0) is 5.41 Å². The first-order valence-electron chi connectivity index (χ1n) is 13.5. The summed E-state index contributed by atoms with van der Waals surface area (Å²) in [7, 11) is 0. The van der Waals surface area contributed by atoms with Crippen molar-refractivity contribution in [1.29, 1.82) is 0 Å². The van der Waals surface area contributed by atoms with E-state index >= 15 is 0 Å². The minimum absolute atomic E-state index is 0.0297. The van der Waals surface area contributed by atoms with Crippen molar-refractivity contribution >= 4 is 22.6 Å². The Kier molecular flexibility index (Phi) is 7.52. The van der Waals surface area contributed by atoms with Crippen molar-refractivity contribution in [1.82, 2.24) is 14.7 Å². The first-order valence-corrected chi connectivity index (χ1v) is 13.5. The number of hydrogen-bond donors (Lipinski definition) is 1. The van der Waals surface area contributed by atoms with E-state index < -0.39 is 6.10 Å². The van der Waals surface area contributed by atoms with Gasteiger partial charge >= 0.3 is 0 Å². The Labute approximate surface area is 224 Å². The van der Waals surface area contributed by atoms with Crippen LogP contribution >= 0.6 is 0 Å². The molecule has 2 heterocycles. The minimum atomic E-state index is -0.582. The summed E-state index contributed by atoms with van der Waals surface area (Å²) in [6.07, 6.45) is -0.582. The van der Waals surface area contributed by atoms with Crippen LogP contribution in [0.25, 0.3) is 10.8 Å². The lowest BCUT2D eigenvalue weighted by atomic mass is 9.86. The van der Waals surface area contributed by atoms with Crippen LogP contribution in [0.4, 0.5) is 0 Å². The van der Waals surface area contributed by atoms with Crippen molar-refractivity contribution in [2.45, 2.75) is 32.3 Å². The molecule has 38 heavy (non-hydrogen) atoms. The molecule has 3 aromatic carbocycles. The van der Waals surface area contributed by atoms with Gasteiger partial charge < -0.3 is 9.84 Å². The molecule has 3 aromatic rings. The van der Waals surface area contributed by atoms with Crippen molar-refractivity contribution < 1.29 is 19.4 Å². The van der Waals surface area contributed by atoms with Crippen LogP contribution in [0.1, 0.15) is 47.1 Å². The molecular formula is C31H37N3O4. The summed E-state index contributed by atoms with van der Waals surface area (Å²) in [4.78, 5) is 32.2. The minimum Gasteiger partial charge on any atom is -0.491 e. The van der Waals surface area contributed by atoms with Crippen LogP contribution in [-0.4, -0.2) is 90.1 Å². The molecular weight excluding hydrogens is 478 g/mol. The zero-order chi connectivity index (χ0) is 26.9. The summed E-state index contributed by atoms with van der Waals surface area (Å²) >= 11 is 0. The number of hydrogen-bond acceptors (Lipinski definition) is 6. The van der Waals surface area contributed by atoms with Gasteiger partial charge in [0.05, 0.1) is 0 Å². The lowest BCUT2D eigenvalue weighted by molar-refractivity contribution is 0.0413. The number of amides is 2. The fourth-order valence-corrected chi connectivity index (χ4v) is 5.47. The fraction of sp³-hybridized carbons (Fsp3) is 0.419. The van der Waals surface area contributed by atoms with Gasteiger partial charge in [-0.15, -0.1) is 0 Å². The molecule has 0 aromatic heterocycles. The largest absolute Gasteiger partial charge is 0.491 e. The van der Waals surface area contributed by atoms with Gasteiger partial charge in [-0.25, -0.2) is 0 Å². The molecule has 0 unspecified atom stereocenters. The number of ether oxygens (including phenoxy) is 1. The second-order valence-corrected chi connectivity index (χ2v) is 11.3. The van der Waals surface area contributed by atoms with Gasteiger partial charge in [0.2, 0.25) is 0 Å². The number of aliphatic hydroxyl groups is 1. The van der Waals surface area contributed by atoms with E-state index in [1.165, 1.54) is 4.90 Å². The smallest absolute Gasteiger partial charge is 0.261 e. The molecule has 2 aliphatic rings. The zero-order valence-corrected chi connectivity index (χ0v) is 22.5. The van der Waals surface area contributed by atoms with Gasteiger partial charge in [0.25, 0.3) is 11.8 Å². The average molecular weight is 516 g/mol. The van der Waals surface area contributed by atoms with E-state index in [0.717, 1.165) is 48.3 Å². The van der Waals surface area contributed by atoms with E-state index in [4.69, 9.17) is 4.74 Å². The highest BCUT2D eigenvalue weighted by molar-refractivity contribution is 6.25. The third kappa shape index (κ3) is 5.46. The highest BCUT2D eigenvalue weighted by Gasteiger charge is 2.33. The number of piperazine rings is 1. The molecule has 0 saturated carbocycles. The molecule has 0 bridgehead atoms. The Morgan fingerprint density at radius 1 is 0.816 bits per heavy atom. The standard InChI is InChI=1S/C31H37N3O4/c1-31(2,3)26-12-4-5-13-27(26)38-21-23(35)20-33-16-14-32(15-17-33)18-19-34-29(36)24-10-6-8-22-9-7-11-25(28(22)24)30(34)37/h4-13,23,35H,14-21H2,1-3H3/t23-/m0/s1. The first kappa shape index (κ1) is 26.4. The normalized spacial score (nSPS) is 17.7. The summed E-state index contributed by atoms with van der Waals surface area (Å²) in [5.41, 5.74) is 2.30. The van der Waals surface area contributed by atoms with E-state index in [1.54, 1.807) is 0 Å². The monoisotopic (exact) mass is 515 g/mol. The maximum Gasteiger partial charge on any atom is 0.261 e. The average Bonchev–Trinajstić information content (AvgIpc) is 2.91. The van der Waals surface area contributed by atoms with Crippen LogP contribution in [0.2, 0.25) is 0 Å². The van der Waals surface area contributed by atoms with E-state index in [0.29, 0.717) is 30.8 Å². The van der Waals surface area contributed by atoms with Crippen LogP contribution in [0.15, 0.2) is 60.7 Å². The molecule has 1 fully saturated rings. The van der Waals surface area contributed by atoms with Crippen LogP contribution in [0, 0.1) is 0 Å². The summed E-state index contributed by atoms with van der Waals surface area (Å²) in [5, 5.41) is 12.3. The topological polar surface area (TPSA) is 73.3 Å².